The fourth-order valence-corrected chi connectivity index (χ4v) is 7.49. The minimum Gasteiger partial charge on any atom is -0.491 e. The zero-order chi connectivity index (χ0) is 43.1. The molecule has 4 atom stereocenters. The summed E-state index contributed by atoms with van der Waals surface area (Å²) in [4.78, 5) is 34.1. The number of halogens is 2. The van der Waals surface area contributed by atoms with Crippen LogP contribution in [0.5, 0.6) is 5.75 Å². The summed E-state index contributed by atoms with van der Waals surface area (Å²) in [5, 5.41) is 14.4. The molecule has 1 amide bonds. The molecule has 4 unspecified atom stereocenters. The highest BCUT2D eigenvalue weighted by atomic mass is 19.1. The van der Waals surface area contributed by atoms with Gasteiger partial charge in [-0.05, 0) is 80.1 Å². The van der Waals surface area contributed by atoms with Crippen molar-refractivity contribution in [2.45, 2.75) is 50.9 Å². The molecular weight excluding hydrogens is 803 g/mol. The highest BCUT2D eigenvalue weighted by molar-refractivity contribution is 5.67. The molecule has 2 aromatic heterocycles. The summed E-state index contributed by atoms with van der Waals surface area (Å²) < 4.78 is 56.7. The molecule has 0 radical (unpaired) electrons. The van der Waals surface area contributed by atoms with Gasteiger partial charge < -0.3 is 34.1 Å². The first-order valence-electron chi connectivity index (χ1n) is 20.4. The average molecular weight is 851 g/mol. The van der Waals surface area contributed by atoms with Gasteiger partial charge in [0.25, 0.3) is 0 Å². The van der Waals surface area contributed by atoms with E-state index in [1.165, 1.54) is 45.0 Å². The van der Waals surface area contributed by atoms with Crippen LogP contribution in [-0.4, -0.2) is 93.5 Å². The van der Waals surface area contributed by atoms with Crippen LogP contribution >= 0.6 is 0 Å². The molecule has 16 nitrogen and oxygen atoms in total. The minimum absolute atomic E-state index is 0.0178. The van der Waals surface area contributed by atoms with Crippen LogP contribution in [0, 0.1) is 11.6 Å². The summed E-state index contributed by atoms with van der Waals surface area (Å²) in [5.74, 6) is -2.36. The second-order valence-electron chi connectivity index (χ2n) is 15.2. The Hall–Kier alpha value is -6.63. The van der Waals surface area contributed by atoms with Crippen molar-refractivity contribution in [1.29, 1.82) is 0 Å². The fraction of sp³-hybridized carbons (Fsp3) is 0.341. The Morgan fingerprint density at radius 1 is 0.887 bits per heavy atom. The van der Waals surface area contributed by atoms with E-state index >= 15 is 0 Å². The van der Waals surface area contributed by atoms with Crippen LogP contribution in [0.1, 0.15) is 31.0 Å². The number of hydrogen-bond acceptors (Lipinski definition) is 12. The van der Waals surface area contributed by atoms with Gasteiger partial charge in [0.05, 0.1) is 18.3 Å². The third-order valence-corrected chi connectivity index (χ3v) is 11.1. The number of nitrogens with one attached hydrogen (secondary N) is 2. The van der Waals surface area contributed by atoms with Gasteiger partial charge in [-0.25, -0.2) is 37.3 Å². The number of nitrogens with zero attached hydrogens (tertiary/aromatic N) is 8. The van der Waals surface area contributed by atoms with Crippen LogP contribution in [0.2, 0.25) is 0 Å². The number of anilines is 2. The number of carbonyl (C=O) groups is 1. The number of amides is 1. The van der Waals surface area contributed by atoms with E-state index in [2.05, 4.69) is 35.6 Å². The van der Waals surface area contributed by atoms with Crippen molar-refractivity contribution in [2.24, 2.45) is 0 Å². The average Bonchev–Trinajstić information content (AvgIpc) is 4.06. The monoisotopic (exact) mass is 850 g/mol. The Morgan fingerprint density at radius 3 is 2.26 bits per heavy atom. The highest BCUT2D eigenvalue weighted by Gasteiger charge is 2.46. The van der Waals surface area contributed by atoms with Crippen molar-refractivity contribution in [2.75, 3.05) is 55.9 Å². The van der Waals surface area contributed by atoms with E-state index in [1.54, 1.807) is 0 Å². The first-order chi connectivity index (χ1) is 30.1. The van der Waals surface area contributed by atoms with Crippen LogP contribution < -0.4 is 30.9 Å². The lowest BCUT2D eigenvalue weighted by atomic mass is 10.0. The van der Waals surface area contributed by atoms with Crippen molar-refractivity contribution in [3.63, 3.8) is 0 Å². The number of alkyl carbamates (subject to hydrolysis) is 1. The Labute approximate surface area is 356 Å². The van der Waals surface area contributed by atoms with Crippen molar-refractivity contribution in [1.82, 2.24) is 39.7 Å². The summed E-state index contributed by atoms with van der Waals surface area (Å²) in [6.07, 6.45) is 3.29. The molecule has 324 valence electrons. The second-order valence-corrected chi connectivity index (χ2v) is 15.2. The first-order valence-corrected chi connectivity index (χ1v) is 20.4. The topological polar surface area (TPSA) is 155 Å². The molecule has 6 aromatic rings. The molecule has 2 N–H and O–H groups in total. The largest absolute Gasteiger partial charge is 0.491 e. The van der Waals surface area contributed by atoms with Gasteiger partial charge in [-0.15, -0.1) is 0 Å². The smallest absolute Gasteiger partial charge is 0.408 e. The molecule has 2 aliphatic heterocycles. The van der Waals surface area contributed by atoms with Crippen LogP contribution in [0.4, 0.5) is 25.0 Å². The lowest BCUT2D eigenvalue weighted by molar-refractivity contribution is -0.192. The van der Waals surface area contributed by atoms with E-state index in [1.807, 2.05) is 92.7 Å². The van der Waals surface area contributed by atoms with E-state index in [9.17, 15) is 18.4 Å². The highest BCUT2D eigenvalue weighted by Crippen LogP contribution is 2.38. The van der Waals surface area contributed by atoms with Gasteiger partial charge in [-0.3, -0.25) is 5.32 Å². The maximum absolute atomic E-state index is 14.9. The molecule has 4 aromatic carbocycles. The van der Waals surface area contributed by atoms with E-state index in [0.717, 1.165) is 49.2 Å². The van der Waals surface area contributed by atoms with Gasteiger partial charge in [0.15, 0.2) is 0 Å². The van der Waals surface area contributed by atoms with Gasteiger partial charge in [-0.2, -0.15) is 10.2 Å². The lowest BCUT2D eigenvalue weighted by Gasteiger charge is -2.37. The molecule has 0 spiro atoms. The summed E-state index contributed by atoms with van der Waals surface area (Å²) in [5.41, 5.74) is 3.60. The molecule has 2 fully saturated rings. The Balaban J connectivity index is 0.788. The maximum atomic E-state index is 14.9. The molecule has 8 rings (SSSR count). The summed E-state index contributed by atoms with van der Waals surface area (Å²) >= 11 is 0. The van der Waals surface area contributed by atoms with E-state index < -0.39 is 29.6 Å². The SMILES string of the molecule is CC(NCOC(=O)NCc1ccccc1)C(C)n1ncn(-c2ccc(N3CCN(c4ccc(OCC5COC(Cn6cncn6)(c6ccc(F)cc6F)O5)cc4)CC3)cc2)c1=O. The molecular formula is C44H48F2N10O6. The third-order valence-electron chi connectivity index (χ3n) is 11.1. The third kappa shape index (κ3) is 9.77. The lowest BCUT2D eigenvalue weighted by Crippen LogP contribution is -2.46. The van der Waals surface area contributed by atoms with E-state index in [0.29, 0.717) is 18.0 Å². The van der Waals surface area contributed by atoms with E-state index in [4.69, 9.17) is 18.9 Å². The zero-order valence-corrected chi connectivity index (χ0v) is 34.3. The predicted molar refractivity (Wildman–Crippen MR) is 225 cm³/mol. The van der Waals surface area contributed by atoms with Gasteiger partial charge in [-0.1, -0.05) is 30.3 Å². The van der Waals surface area contributed by atoms with E-state index in [-0.39, 0.29) is 49.8 Å². The molecule has 2 saturated heterocycles. The predicted octanol–water partition coefficient (Wildman–Crippen LogP) is 5.00. The molecule has 2 aliphatic rings. The van der Waals surface area contributed by atoms with Gasteiger partial charge >= 0.3 is 11.8 Å². The number of piperazine rings is 1. The Bertz CT molecular complexity index is 2450. The first kappa shape index (κ1) is 42.1. The second kappa shape index (κ2) is 19.0. The maximum Gasteiger partial charge on any atom is 0.408 e. The van der Waals surface area contributed by atoms with Crippen molar-refractivity contribution >= 4 is 17.5 Å². The Morgan fingerprint density at radius 2 is 1.58 bits per heavy atom. The van der Waals surface area contributed by atoms with Crippen molar-refractivity contribution in [3.8, 4) is 11.4 Å². The van der Waals surface area contributed by atoms with Gasteiger partial charge in [0.2, 0.25) is 5.79 Å². The number of ether oxygens (including phenoxy) is 4. The molecule has 62 heavy (non-hydrogen) atoms. The summed E-state index contributed by atoms with van der Waals surface area (Å²) in [6.45, 7) is 7.67. The van der Waals surface area contributed by atoms with Gasteiger partial charge in [0.1, 0.15) is 62.4 Å². The zero-order valence-electron chi connectivity index (χ0n) is 34.3. The molecule has 0 aliphatic carbocycles. The molecule has 0 saturated carbocycles. The molecule has 18 heteroatoms. The number of rotatable bonds is 16. The molecule has 0 bridgehead atoms. The standard InChI is InChI=1S/C44H48F2N10O6/c1-31(49-30-60-42(57)48-23-33-6-4-3-5-7-33)32(2)56-43(58)55(29-51-56)37-11-9-35(10-12-37)52-18-20-53(21-19-52)36-13-15-38(16-14-36)59-24-39-25-61-44(62-39,26-54-28-47-27-50-54)40-17-8-34(45)22-41(40)46/h3-17,22,27-29,31-32,39,49H,18-21,23-26,30H2,1-2H3,(H,48,57). The van der Waals surface area contributed by atoms with Crippen LogP contribution in [0.15, 0.2) is 121 Å². The minimum atomic E-state index is -1.53. The number of carbonyl (C=O) groups excluding carboxylic acids is 1. The van der Waals surface area contributed by atoms with Crippen molar-refractivity contribution < 1.29 is 32.5 Å². The molecule has 4 heterocycles. The summed E-state index contributed by atoms with van der Waals surface area (Å²) in [6, 6.07) is 28.0. The number of aromatic nitrogens is 6. The quantitative estimate of drug-likeness (QED) is 0.126. The fourth-order valence-electron chi connectivity index (χ4n) is 7.49. The normalized spacial score (nSPS) is 18.7. The number of hydrogen-bond donors (Lipinski definition) is 2. The Kier molecular flexibility index (Phi) is 12.9. The summed E-state index contributed by atoms with van der Waals surface area (Å²) in [7, 11) is 0. The van der Waals surface area contributed by atoms with Gasteiger partial charge in [0, 0.05) is 61.8 Å². The van der Waals surface area contributed by atoms with Crippen LogP contribution in [0.25, 0.3) is 5.69 Å². The number of benzene rings is 4. The van der Waals surface area contributed by atoms with Crippen LogP contribution in [0.3, 0.4) is 0 Å². The van der Waals surface area contributed by atoms with Crippen molar-refractivity contribution in [3.05, 3.63) is 149 Å². The van der Waals surface area contributed by atoms with Crippen LogP contribution in [-0.2, 0) is 33.1 Å².